The Labute approximate surface area is 159 Å². The topological polar surface area (TPSA) is 95.2 Å². The maximum absolute atomic E-state index is 12.3. The zero-order chi connectivity index (χ0) is 19.4. The first kappa shape index (κ1) is 18.5. The van der Waals surface area contributed by atoms with Gasteiger partial charge < -0.3 is 4.74 Å². The van der Waals surface area contributed by atoms with E-state index in [9.17, 15) is 14.9 Å². The Kier molecular flexibility index (Phi) is 5.42. The van der Waals surface area contributed by atoms with Crippen LogP contribution in [-0.4, -0.2) is 27.5 Å². The van der Waals surface area contributed by atoms with Crippen LogP contribution in [0.2, 0.25) is 5.02 Å². The summed E-state index contributed by atoms with van der Waals surface area (Å²) in [6.45, 7) is 1.88. The molecule has 3 aromatic rings. The third-order valence-electron chi connectivity index (χ3n) is 3.71. The molecule has 0 amide bonds. The quantitative estimate of drug-likeness (QED) is 0.364. The molecule has 0 saturated carbocycles. The maximum atomic E-state index is 12.3. The van der Waals surface area contributed by atoms with Crippen LogP contribution in [-0.2, 0) is 4.74 Å². The fourth-order valence-electron chi connectivity index (χ4n) is 2.47. The Morgan fingerprint density at radius 2 is 1.93 bits per heavy atom. The van der Waals surface area contributed by atoms with Crippen molar-refractivity contribution < 1.29 is 14.5 Å². The number of ether oxygens (including phenoxy) is 1. The minimum absolute atomic E-state index is 0.0384. The SMILES string of the molecule is CCOC(=O)c1ncc(-c2cccc(Cl)c2)nc1-c1ccc([N+](=O)[O-])cc1. The summed E-state index contributed by atoms with van der Waals surface area (Å²) in [5.41, 5.74) is 2.01. The molecule has 136 valence electrons. The Morgan fingerprint density at radius 3 is 2.56 bits per heavy atom. The molecule has 0 aliphatic heterocycles. The fourth-order valence-corrected chi connectivity index (χ4v) is 2.66. The summed E-state index contributed by atoms with van der Waals surface area (Å²) in [7, 11) is 0. The average Bonchev–Trinajstić information content (AvgIpc) is 2.68. The Bertz CT molecular complexity index is 1010. The molecule has 0 N–H and O–H groups in total. The van der Waals surface area contributed by atoms with Crippen molar-refractivity contribution >= 4 is 23.3 Å². The number of esters is 1. The fraction of sp³-hybridized carbons (Fsp3) is 0.105. The Balaban J connectivity index is 2.13. The molecule has 0 fully saturated rings. The van der Waals surface area contributed by atoms with Crippen molar-refractivity contribution in [3.05, 3.63) is 75.6 Å². The van der Waals surface area contributed by atoms with Gasteiger partial charge in [-0.3, -0.25) is 10.1 Å². The predicted octanol–water partition coefficient (Wildman–Crippen LogP) is 4.55. The first-order chi connectivity index (χ1) is 13.0. The van der Waals surface area contributed by atoms with Gasteiger partial charge in [-0.1, -0.05) is 23.7 Å². The van der Waals surface area contributed by atoms with E-state index in [-0.39, 0.29) is 23.7 Å². The van der Waals surface area contributed by atoms with Crippen LogP contribution >= 0.6 is 11.6 Å². The van der Waals surface area contributed by atoms with Crippen LogP contribution in [0.25, 0.3) is 22.5 Å². The van der Waals surface area contributed by atoms with Gasteiger partial charge in [-0.15, -0.1) is 0 Å². The molecule has 3 rings (SSSR count). The predicted molar refractivity (Wildman–Crippen MR) is 101 cm³/mol. The highest BCUT2D eigenvalue weighted by atomic mass is 35.5. The van der Waals surface area contributed by atoms with E-state index in [4.69, 9.17) is 16.3 Å². The Hall–Kier alpha value is -3.32. The molecular weight excluding hydrogens is 370 g/mol. The lowest BCUT2D eigenvalue weighted by molar-refractivity contribution is -0.384. The van der Waals surface area contributed by atoms with Gasteiger partial charge in [0.05, 0.1) is 23.4 Å². The zero-order valence-corrected chi connectivity index (χ0v) is 15.0. The standard InChI is InChI=1S/C19H14ClN3O4/c1-2-27-19(24)18-17(12-6-8-15(9-7-12)23(25)26)22-16(11-21-18)13-4-3-5-14(20)10-13/h3-11H,2H2,1H3. The number of nitro groups is 1. The van der Waals surface area contributed by atoms with Gasteiger partial charge in [0.25, 0.3) is 5.69 Å². The van der Waals surface area contributed by atoms with E-state index < -0.39 is 10.9 Å². The van der Waals surface area contributed by atoms with Crippen molar-refractivity contribution in [2.45, 2.75) is 6.92 Å². The summed E-state index contributed by atoms with van der Waals surface area (Å²) in [5.74, 6) is -0.615. The summed E-state index contributed by atoms with van der Waals surface area (Å²) in [5, 5.41) is 11.4. The van der Waals surface area contributed by atoms with Crippen LogP contribution in [0, 0.1) is 10.1 Å². The van der Waals surface area contributed by atoms with E-state index in [0.717, 1.165) is 5.56 Å². The largest absolute Gasteiger partial charge is 0.461 e. The first-order valence-corrected chi connectivity index (χ1v) is 8.42. The number of hydrogen-bond acceptors (Lipinski definition) is 6. The molecule has 0 aliphatic carbocycles. The molecule has 0 radical (unpaired) electrons. The summed E-state index contributed by atoms with van der Waals surface area (Å²) in [4.78, 5) is 31.4. The van der Waals surface area contributed by atoms with Gasteiger partial charge in [0, 0.05) is 28.3 Å². The smallest absolute Gasteiger partial charge is 0.359 e. The number of benzene rings is 2. The molecule has 1 aromatic heterocycles. The third kappa shape index (κ3) is 4.09. The second-order valence-electron chi connectivity index (χ2n) is 5.49. The molecule has 8 heteroatoms. The van der Waals surface area contributed by atoms with E-state index in [1.54, 1.807) is 25.1 Å². The normalized spacial score (nSPS) is 10.4. The Morgan fingerprint density at radius 1 is 1.19 bits per heavy atom. The average molecular weight is 384 g/mol. The van der Waals surface area contributed by atoms with Crippen molar-refractivity contribution in [3.63, 3.8) is 0 Å². The lowest BCUT2D eigenvalue weighted by atomic mass is 10.1. The molecule has 7 nitrogen and oxygen atoms in total. The molecule has 2 aromatic carbocycles. The highest BCUT2D eigenvalue weighted by Gasteiger charge is 2.19. The minimum atomic E-state index is -0.615. The molecule has 0 unspecified atom stereocenters. The summed E-state index contributed by atoms with van der Waals surface area (Å²) >= 11 is 6.04. The minimum Gasteiger partial charge on any atom is -0.461 e. The molecule has 0 spiro atoms. The lowest BCUT2D eigenvalue weighted by Crippen LogP contribution is -2.10. The molecule has 0 aliphatic rings. The summed E-state index contributed by atoms with van der Waals surface area (Å²) < 4.78 is 5.05. The van der Waals surface area contributed by atoms with E-state index >= 15 is 0 Å². The van der Waals surface area contributed by atoms with Gasteiger partial charge in [0.1, 0.15) is 5.69 Å². The number of halogens is 1. The number of nitrogens with zero attached hydrogens (tertiary/aromatic N) is 3. The molecule has 0 atom stereocenters. The number of carbonyl (C=O) groups is 1. The van der Waals surface area contributed by atoms with Crippen molar-refractivity contribution in [3.8, 4) is 22.5 Å². The van der Waals surface area contributed by atoms with E-state index in [2.05, 4.69) is 9.97 Å². The van der Waals surface area contributed by atoms with Gasteiger partial charge >= 0.3 is 5.97 Å². The molecular formula is C19H14ClN3O4. The van der Waals surface area contributed by atoms with Crippen LogP contribution in [0.3, 0.4) is 0 Å². The maximum Gasteiger partial charge on any atom is 0.359 e. The highest BCUT2D eigenvalue weighted by Crippen LogP contribution is 2.27. The number of hydrogen-bond donors (Lipinski definition) is 0. The van der Waals surface area contributed by atoms with Crippen molar-refractivity contribution in [2.24, 2.45) is 0 Å². The summed E-state index contributed by atoms with van der Waals surface area (Å²) in [6, 6.07) is 12.8. The van der Waals surface area contributed by atoms with Gasteiger partial charge in [-0.25, -0.2) is 14.8 Å². The number of nitro benzene ring substituents is 1. The number of carbonyl (C=O) groups excluding carboxylic acids is 1. The van der Waals surface area contributed by atoms with Crippen molar-refractivity contribution in [1.29, 1.82) is 0 Å². The van der Waals surface area contributed by atoms with Crippen LogP contribution in [0.4, 0.5) is 5.69 Å². The van der Waals surface area contributed by atoms with E-state index in [1.165, 1.54) is 30.5 Å². The summed E-state index contributed by atoms with van der Waals surface area (Å²) in [6.07, 6.45) is 1.47. The zero-order valence-electron chi connectivity index (χ0n) is 14.3. The van der Waals surface area contributed by atoms with Crippen LogP contribution < -0.4 is 0 Å². The second-order valence-corrected chi connectivity index (χ2v) is 5.92. The molecule has 0 saturated heterocycles. The first-order valence-electron chi connectivity index (χ1n) is 8.04. The van der Waals surface area contributed by atoms with E-state index in [0.29, 0.717) is 16.3 Å². The number of aromatic nitrogens is 2. The second kappa shape index (κ2) is 7.92. The molecule has 0 bridgehead atoms. The van der Waals surface area contributed by atoms with Gasteiger partial charge in [0.15, 0.2) is 5.69 Å². The molecule has 1 heterocycles. The van der Waals surface area contributed by atoms with Gasteiger partial charge in [-0.2, -0.15) is 0 Å². The van der Waals surface area contributed by atoms with Crippen LogP contribution in [0.1, 0.15) is 17.4 Å². The number of non-ortho nitro benzene ring substituents is 1. The number of rotatable bonds is 5. The molecule has 27 heavy (non-hydrogen) atoms. The van der Waals surface area contributed by atoms with Crippen LogP contribution in [0.15, 0.2) is 54.7 Å². The van der Waals surface area contributed by atoms with Gasteiger partial charge in [0.2, 0.25) is 0 Å². The van der Waals surface area contributed by atoms with Gasteiger partial charge in [-0.05, 0) is 31.2 Å². The third-order valence-corrected chi connectivity index (χ3v) is 3.95. The lowest BCUT2D eigenvalue weighted by Gasteiger charge is -2.10. The van der Waals surface area contributed by atoms with Crippen molar-refractivity contribution in [1.82, 2.24) is 9.97 Å². The van der Waals surface area contributed by atoms with Crippen molar-refractivity contribution in [2.75, 3.05) is 6.61 Å². The van der Waals surface area contributed by atoms with Crippen LogP contribution in [0.5, 0.6) is 0 Å². The monoisotopic (exact) mass is 383 g/mol. The van der Waals surface area contributed by atoms with E-state index in [1.807, 2.05) is 6.07 Å². The highest BCUT2D eigenvalue weighted by molar-refractivity contribution is 6.30.